The number of benzene rings is 1. The van der Waals surface area contributed by atoms with Crippen LogP contribution < -0.4 is 5.32 Å². The van der Waals surface area contributed by atoms with Crippen LogP contribution in [0.3, 0.4) is 0 Å². The van der Waals surface area contributed by atoms with Crippen molar-refractivity contribution >= 4 is 23.8 Å². The standard InChI is InChI=1S/C17H26N4O3/c1-6-8-13-9-11-14(12-10-13)18-16(22)21(5)15(20(3)4)19-17(23)24-7-2/h9-12H,6-8H2,1-5H3,(H,18,22). The number of carbonyl (C=O) groups excluding carboxylic acids is 2. The maximum absolute atomic E-state index is 12.4. The van der Waals surface area contributed by atoms with Gasteiger partial charge >= 0.3 is 12.1 Å². The van der Waals surface area contributed by atoms with E-state index in [1.54, 1.807) is 33.0 Å². The Morgan fingerprint density at radius 3 is 2.25 bits per heavy atom. The summed E-state index contributed by atoms with van der Waals surface area (Å²) < 4.78 is 4.80. The van der Waals surface area contributed by atoms with Crippen LogP contribution in [0.1, 0.15) is 25.8 Å². The lowest BCUT2D eigenvalue weighted by atomic mass is 10.1. The molecule has 0 saturated heterocycles. The van der Waals surface area contributed by atoms with Crippen molar-refractivity contribution < 1.29 is 14.3 Å². The fourth-order valence-corrected chi connectivity index (χ4v) is 2.05. The molecule has 0 aliphatic carbocycles. The summed E-state index contributed by atoms with van der Waals surface area (Å²) >= 11 is 0. The van der Waals surface area contributed by atoms with E-state index in [2.05, 4.69) is 17.2 Å². The number of aryl methyl sites for hydroxylation is 1. The summed E-state index contributed by atoms with van der Waals surface area (Å²) in [7, 11) is 4.93. The number of urea groups is 1. The van der Waals surface area contributed by atoms with Gasteiger partial charge in [-0.2, -0.15) is 0 Å². The summed E-state index contributed by atoms with van der Waals surface area (Å²) in [4.78, 5) is 30.6. The summed E-state index contributed by atoms with van der Waals surface area (Å²) in [6.45, 7) is 4.04. The summed E-state index contributed by atoms with van der Waals surface area (Å²) in [6, 6.07) is 7.29. The highest BCUT2D eigenvalue weighted by Crippen LogP contribution is 2.12. The molecular formula is C17H26N4O3. The molecule has 0 unspecified atom stereocenters. The number of aliphatic imine (C=N–C) groups is 1. The molecule has 0 heterocycles. The van der Waals surface area contributed by atoms with Gasteiger partial charge in [0.1, 0.15) is 0 Å². The van der Waals surface area contributed by atoms with E-state index < -0.39 is 12.1 Å². The zero-order valence-corrected chi connectivity index (χ0v) is 15.0. The lowest BCUT2D eigenvalue weighted by Crippen LogP contribution is -2.44. The predicted octanol–water partition coefficient (Wildman–Crippen LogP) is 3.18. The van der Waals surface area contributed by atoms with Crippen LogP contribution in [0.4, 0.5) is 15.3 Å². The van der Waals surface area contributed by atoms with Crippen LogP contribution in [0.25, 0.3) is 0 Å². The number of amides is 3. The van der Waals surface area contributed by atoms with Crippen molar-refractivity contribution in [3.8, 4) is 0 Å². The van der Waals surface area contributed by atoms with Crippen LogP contribution in [0.2, 0.25) is 0 Å². The van der Waals surface area contributed by atoms with E-state index in [9.17, 15) is 9.59 Å². The molecule has 1 aromatic rings. The first-order valence-corrected chi connectivity index (χ1v) is 7.95. The molecule has 0 aliphatic heterocycles. The number of hydrogen-bond donors (Lipinski definition) is 1. The fraction of sp³-hybridized carbons (Fsp3) is 0.471. The summed E-state index contributed by atoms with van der Waals surface area (Å²) in [6.07, 6.45) is 1.35. The monoisotopic (exact) mass is 334 g/mol. The van der Waals surface area contributed by atoms with Gasteiger partial charge < -0.3 is 15.0 Å². The van der Waals surface area contributed by atoms with Gasteiger partial charge in [0, 0.05) is 26.8 Å². The van der Waals surface area contributed by atoms with Crippen LogP contribution in [-0.2, 0) is 11.2 Å². The van der Waals surface area contributed by atoms with Gasteiger partial charge in [0.15, 0.2) is 0 Å². The van der Waals surface area contributed by atoms with Gasteiger partial charge in [-0.05, 0) is 31.0 Å². The van der Waals surface area contributed by atoms with E-state index in [1.807, 2.05) is 24.3 Å². The van der Waals surface area contributed by atoms with Crippen molar-refractivity contribution in [2.45, 2.75) is 26.7 Å². The maximum Gasteiger partial charge on any atom is 0.436 e. The molecule has 1 N–H and O–H groups in total. The molecule has 0 radical (unpaired) electrons. The Hall–Kier alpha value is -2.57. The van der Waals surface area contributed by atoms with Gasteiger partial charge in [0.05, 0.1) is 6.61 Å². The van der Waals surface area contributed by atoms with Gasteiger partial charge in [-0.15, -0.1) is 4.99 Å². The molecule has 1 rings (SSSR count). The lowest BCUT2D eigenvalue weighted by Gasteiger charge is -2.24. The molecule has 7 heteroatoms. The molecule has 0 bridgehead atoms. The molecule has 0 saturated carbocycles. The third-order valence-corrected chi connectivity index (χ3v) is 3.21. The minimum Gasteiger partial charge on any atom is -0.448 e. The van der Waals surface area contributed by atoms with Crippen molar-refractivity contribution in [3.05, 3.63) is 29.8 Å². The van der Waals surface area contributed by atoms with Crippen LogP contribution in [0.5, 0.6) is 0 Å². The Balaban J connectivity index is 2.81. The Kier molecular flexibility index (Phi) is 7.74. The fourth-order valence-electron chi connectivity index (χ4n) is 2.05. The third-order valence-electron chi connectivity index (χ3n) is 3.21. The van der Waals surface area contributed by atoms with E-state index in [0.717, 1.165) is 12.8 Å². The minimum atomic E-state index is -0.732. The summed E-state index contributed by atoms with van der Waals surface area (Å²) in [5.41, 5.74) is 1.91. The van der Waals surface area contributed by atoms with Crippen LogP contribution in [0.15, 0.2) is 29.3 Å². The zero-order valence-electron chi connectivity index (χ0n) is 15.0. The molecule has 24 heavy (non-hydrogen) atoms. The number of guanidine groups is 1. The smallest absolute Gasteiger partial charge is 0.436 e. The molecule has 132 valence electrons. The van der Waals surface area contributed by atoms with E-state index >= 15 is 0 Å². The number of hydrogen-bond acceptors (Lipinski definition) is 3. The van der Waals surface area contributed by atoms with Crippen LogP contribution in [0, 0.1) is 0 Å². The Morgan fingerprint density at radius 1 is 1.12 bits per heavy atom. The third kappa shape index (κ3) is 5.91. The van der Waals surface area contributed by atoms with Crippen LogP contribution >= 0.6 is 0 Å². The van der Waals surface area contributed by atoms with E-state index in [1.165, 1.54) is 10.5 Å². The largest absolute Gasteiger partial charge is 0.448 e. The molecule has 0 atom stereocenters. The van der Waals surface area contributed by atoms with Gasteiger partial charge in [-0.1, -0.05) is 25.5 Å². The normalized spacial score (nSPS) is 11.0. The van der Waals surface area contributed by atoms with E-state index in [-0.39, 0.29) is 12.6 Å². The number of nitrogens with zero attached hydrogens (tertiary/aromatic N) is 3. The maximum atomic E-state index is 12.4. The van der Waals surface area contributed by atoms with Gasteiger partial charge in [0.25, 0.3) is 0 Å². The first-order chi connectivity index (χ1) is 11.4. The van der Waals surface area contributed by atoms with Crippen LogP contribution in [-0.4, -0.2) is 55.6 Å². The highest BCUT2D eigenvalue weighted by atomic mass is 16.5. The molecule has 0 fully saturated rings. The van der Waals surface area contributed by atoms with Crippen molar-refractivity contribution in [1.82, 2.24) is 9.80 Å². The Labute approximate surface area is 143 Å². The van der Waals surface area contributed by atoms with Gasteiger partial charge in [-0.3, -0.25) is 4.90 Å². The topological polar surface area (TPSA) is 74.2 Å². The summed E-state index contributed by atoms with van der Waals surface area (Å²) in [5, 5.41) is 2.78. The number of rotatable bonds is 4. The number of ether oxygens (including phenoxy) is 1. The Bertz CT molecular complexity index is 582. The Morgan fingerprint density at radius 2 is 1.75 bits per heavy atom. The number of nitrogens with one attached hydrogen (secondary N) is 1. The van der Waals surface area contributed by atoms with Crippen molar-refractivity contribution in [2.75, 3.05) is 33.1 Å². The average molecular weight is 334 g/mol. The second-order valence-corrected chi connectivity index (χ2v) is 5.44. The average Bonchev–Trinajstić information content (AvgIpc) is 2.54. The molecule has 1 aromatic carbocycles. The van der Waals surface area contributed by atoms with Crippen molar-refractivity contribution in [3.63, 3.8) is 0 Å². The molecule has 3 amide bonds. The second kappa shape index (κ2) is 9.54. The van der Waals surface area contributed by atoms with Crippen molar-refractivity contribution in [1.29, 1.82) is 0 Å². The minimum absolute atomic E-state index is 0.188. The second-order valence-electron chi connectivity index (χ2n) is 5.44. The zero-order chi connectivity index (χ0) is 18.1. The predicted molar refractivity (Wildman–Crippen MR) is 95.4 cm³/mol. The molecule has 7 nitrogen and oxygen atoms in total. The molecule has 0 aromatic heterocycles. The van der Waals surface area contributed by atoms with Crippen molar-refractivity contribution in [2.24, 2.45) is 4.99 Å². The first kappa shape index (κ1) is 19.5. The van der Waals surface area contributed by atoms with E-state index in [0.29, 0.717) is 5.69 Å². The van der Waals surface area contributed by atoms with Gasteiger partial charge in [-0.25, -0.2) is 9.59 Å². The highest BCUT2D eigenvalue weighted by Gasteiger charge is 2.18. The van der Waals surface area contributed by atoms with Gasteiger partial charge in [0.2, 0.25) is 5.96 Å². The highest BCUT2D eigenvalue weighted by molar-refractivity contribution is 6.04. The molecule has 0 aliphatic rings. The SMILES string of the molecule is CCCc1ccc(NC(=O)N(C)C(=NC(=O)OCC)N(C)C)cc1. The van der Waals surface area contributed by atoms with E-state index in [4.69, 9.17) is 4.74 Å². The quantitative estimate of drug-likeness (QED) is 0.678. The first-order valence-electron chi connectivity index (χ1n) is 7.95. The molecule has 0 spiro atoms. The number of carbonyl (C=O) groups is 2. The lowest BCUT2D eigenvalue weighted by molar-refractivity contribution is 0.162. The molecular weight excluding hydrogens is 308 g/mol. The number of anilines is 1. The summed E-state index contributed by atoms with van der Waals surface area (Å²) in [5.74, 6) is 0.188.